The van der Waals surface area contributed by atoms with Crippen LogP contribution in [0.2, 0.25) is 0 Å². The molecule has 0 aliphatic carbocycles. The molecule has 11 heavy (non-hydrogen) atoms. The fourth-order valence-corrected chi connectivity index (χ4v) is 0.320. The van der Waals surface area contributed by atoms with Gasteiger partial charge in [0.15, 0.2) is 0 Å². The first kappa shape index (κ1) is 9.25. The molecule has 0 spiro atoms. The second kappa shape index (κ2) is 5.07. The van der Waals surface area contributed by atoms with Crippen molar-refractivity contribution in [2.45, 2.75) is 6.92 Å². The van der Waals surface area contributed by atoms with Gasteiger partial charge in [-0.3, -0.25) is 9.59 Å². The number of nitrogens with one attached hydrogen (secondary N) is 2. The Balaban J connectivity index is 3.47. The third kappa shape index (κ3) is 6.13. The highest BCUT2D eigenvalue weighted by molar-refractivity contribution is 5.76. The van der Waals surface area contributed by atoms with Gasteiger partial charge in [0, 0.05) is 16.9 Å². The number of rotatable bonds is 2. The Hall–Kier alpha value is -1.75. The first-order valence-corrected chi connectivity index (χ1v) is 2.74. The Bertz CT molecular complexity index is 207. The third-order valence-electron chi connectivity index (χ3n) is 0.712. The number of azide groups is 1. The molecule has 0 aromatic rings. The molecule has 7 heteroatoms. The number of carbonyl (C=O) groups excluding carboxylic acids is 2. The quantitative estimate of drug-likeness (QED) is 0.256. The number of hydrogen-bond acceptors (Lipinski definition) is 2. The maximum Gasteiger partial charge on any atom is 0.309 e. The van der Waals surface area contributed by atoms with Crippen molar-refractivity contribution in [3.63, 3.8) is 0 Å². The van der Waals surface area contributed by atoms with Crippen molar-refractivity contribution >= 4 is 11.9 Å². The van der Waals surface area contributed by atoms with Crippen molar-refractivity contribution in [1.82, 2.24) is 10.6 Å². The van der Waals surface area contributed by atoms with Gasteiger partial charge < -0.3 is 10.6 Å². The van der Waals surface area contributed by atoms with Gasteiger partial charge in [0.1, 0.15) is 0 Å². The number of urea groups is 1. The van der Waals surface area contributed by atoms with E-state index in [1.807, 2.05) is 0 Å². The normalized spacial score (nSPS) is 7.73. The van der Waals surface area contributed by atoms with E-state index in [1.54, 1.807) is 0 Å². The van der Waals surface area contributed by atoms with E-state index in [2.05, 4.69) is 20.7 Å². The molecule has 0 aliphatic rings. The lowest BCUT2D eigenvalue weighted by Gasteiger charge is -1.99. The van der Waals surface area contributed by atoms with Gasteiger partial charge in [-0.1, -0.05) is 0 Å². The van der Waals surface area contributed by atoms with E-state index in [0.717, 1.165) is 0 Å². The van der Waals surface area contributed by atoms with Crippen molar-refractivity contribution < 1.29 is 9.59 Å². The molecule has 0 heterocycles. The molecule has 0 atom stereocenters. The zero-order valence-corrected chi connectivity index (χ0v) is 5.87. The SMILES string of the molecule is CC(=O)NCNC(=O)N=[N+]=[N-]. The summed E-state index contributed by atoms with van der Waals surface area (Å²) in [6.45, 7) is 1.27. The lowest BCUT2D eigenvalue weighted by molar-refractivity contribution is -0.118. The van der Waals surface area contributed by atoms with Crippen LogP contribution in [0.25, 0.3) is 10.4 Å². The summed E-state index contributed by atoms with van der Waals surface area (Å²) in [4.78, 5) is 22.8. The maximum atomic E-state index is 10.3. The van der Waals surface area contributed by atoms with Gasteiger partial charge >= 0.3 is 6.03 Å². The van der Waals surface area contributed by atoms with Crippen molar-refractivity contribution in [2.75, 3.05) is 6.67 Å². The van der Waals surface area contributed by atoms with E-state index in [9.17, 15) is 9.59 Å². The van der Waals surface area contributed by atoms with E-state index in [-0.39, 0.29) is 12.6 Å². The van der Waals surface area contributed by atoms with Gasteiger partial charge in [-0.2, -0.15) is 0 Å². The van der Waals surface area contributed by atoms with Crippen molar-refractivity contribution in [3.8, 4) is 0 Å². The van der Waals surface area contributed by atoms with E-state index in [0.29, 0.717) is 0 Å². The molecule has 0 radical (unpaired) electrons. The van der Waals surface area contributed by atoms with Crippen LogP contribution < -0.4 is 10.6 Å². The minimum absolute atomic E-state index is 0.0345. The Morgan fingerprint density at radius 3 is 2.64 bits per heavy atom. The molecule has 2 N–H and O–H groups in total. The van der Waals surface area contributed by atoms with Gasteiger partial charge in [-0.05, 0) is 5.53 Å². The Morgan fingerprint density at radius 2 is 2.18 bits per heavy atom. The summed E-state index contributed by atoms with van der Waals surface area (Å²) in [6.07, 6.45) is 0. The highest BCUT2D eigenvalue weighted by Gasteiger charge is 1.93. The minimum atomic E-state index is -0.818. The fourth-order valence-electron chi connectivity index (χ4n) is 0.320. The Kier molecular flexibility index (Phi) is 4.26. The van der Waals surface area contributed by atoms with Gasteiger partial charge in [0.05, 0.1) is 6.67 Å². The highest BCUT2D eigenvalue weighted by Crippen LogP contribution is 1.71. The van der Waals surface area contributed by atoms with Crippen LogP contribution in [0.3, 0.4) is 0 Å². The number of hydrogen-bond donors (Lipinski definition) is 2. The zero-order valence-electron chi connectivity index (χ0n) is 5.87. The second-order valence-corrected chi connectivity index (χ2v) is 1.58. The molecule has 0 unspecified atom stereocenters. The lowest BCUT2D eigenvalue weighted by atomic mass is 10.7. The number of carbonyl (C=O) groups is 2. The molecular formula is C4H7N5O2. The molecule has 0 bridgehead atoms. The van der Waals surface area contributed by atoms with E-state index in [4.69, 9.17) is 5.53 Å². The van der Waals surface area contributed by atoms with Crippen LogP contribution in [0.1, 0.15) is 6.92 Å². The summed E-state index contributed by atoms with van der Waals surface area (Å²) in [5.74, 6) is -0.272. The molecule has 0 saturated heterocycles. The topological polar surface area (TPSA) is 107 Å². The summed E-state index contributed by atoms with van der Waals surface area (Å²) < 4.78 is 0. The third-order valence-corrected chi connectivity index (χ3v) is 0.712. The van der Waals surface area contributed by atoms with Gasteiger partial charge in [-0.15, -0.1) is 0 Å². The molecule has 0 aromatic carbocycles. The predicted octanol–water partition coefficient (Wildman–Crippen LogP) is 0.0999. The van der Waals surface area contributed by atoms with Crippen LogP contribution in [0.5, 0.6) is 0 Å². The van der Waals surface area contributed by atoms with Crippen LogP contribution in [0, 0.1) is 0 Å². The second-order valence-electron chi connectivity index (χ2n) is 1.58. The molecule has 0 aliphatic heterocycles. The molecule has 0 fully saturated rings. The average molecular weight is 157 g/mol. The molecule has 3 amide bonds. The monoisotopic (exact) mass is 157 g/mol. The van der Waals surface area contributed by atoms with Crippen LogP contribution in [-0.4, -0.2) is 18.6 Å². The van der Waals surface area contributed by atoms with E-state index < -0.39 is 6.03 Å². The summed E-state index contributed by atoms with van der Waals surface area (Å²) in [7, 11) is 0. The van der Waals surface area contributed by atoms with Crippen LogP contribution in [0.15, 0.2) is 5.11 Å². The van der Waals surface area contributed by atoms with Gasteiger partial charge in [-0.25, -0.2) is 0 Å². The first-order chi connectivity index (χ1) is 5.16. The minimum Gasteiger partial charge on any atom is -0.339 e. The lowest BCUT2D eigenvalue weighted by Crippen LogP contribution is -2.34. The smallest absolute Gasteiger partial charge is 0.309 e. The summed E-state index contributed by atoms with van der Waals surface area (Å²) in [6, 6.07) is -0.818. The van der Waals surface area contributed by atoms with E-state index >= 15 is 0 Å². The van der Waals surface area contributed by atoms with Crippen molar-refractivity contribution in [1.29, 1.82) is 0 Å². The predicted molar refractivity (Wildman–Crippen MR) is 36.4 cm³/mol. The van der Waals surface area contributed by atoms with Crippen LogP contribution in [-0.2, 0) is 4.79 Å². The highest BCUT2D eigenvalue weighted by atomic mass is 16.2. The summed E-state index contributed by atoms with van der Waals surface area (Å²) in [5.41, 5.74) is 7.76. The molecule has 0 rings (SSSR count). The van der Waals surface area contributed by atoms with Crippen molar-refractivity contribution in [3.05, 3.63) is 10.4 Å². The molecule has 0 saturated carbocycles. The number of nitrogens with zero attached hydrogens (tertiary/aromatic N) is 3. The van der Waals surface area contributed by atoms with Crippen molar-refractivity contribution in [2.24, 2.45) is 5.11 Å². The van der Waals surface area contributed by atoms with Crippen LogP contribution >= 0.6 is 0 Å². The molecule has 0 aromatic heterocycles. The van der Waals surface area contributed by atoms with Crippen LogP contribution in [0.4, 0.5) is 4.79 Å². The number of amides is 3. The first-order valence-electron chi connectivity index (χ1n) is 2.74. The average Bonchev–Trinajstić information content (AvgIpc) is 1.87. The largest absolute Gasteiger partial charge is 0.339 e. The zero-order chi connectivity index (χ0) is 8.69. The fraction of sp³-hybridized carbons (Fsp3) is 0.500. The van der Waals surface area contributed by atoms with Gasteiger partial charge in [0.2, 0.25) is 5.91 Å². The Morgan fingerprint density at radius 1 is 1.55 bits per heavy atom. The van der Waals surface area contributed by atoms with E-state index in [1.165, 1.54) is 6.92 Å². The molecule has 7 nitrogen and oxygen atoms in total. The Labute approximate surface area is 62.4 Å². The van der Waals surface area contributed by atoms with Gasteiger partial charge in [0.25, 0.3) is 0 Å². The standard InChI is InChI=1S/C4H7N5O2/c1-3(10)6-2-7-4(11)8-9-5/h2H2,1H3,(H,6,10)(H,7,11). The molecular weight excluding hydrogens is 150 g/mol. The molecule has 60 valence electrons. The summed E-state index contributed by atoms with van der Waals surface area (Å²) in [5, 5.41) is 7.10. The maximum absolute atomic E-state index is 10.3. The summed E-state index contributed by atoms with van der Waals surface area (Å²) >= 11 is 0.